The number of carbonyl (C=O) groups excluding carboxylic acids is 1. The Morgan fingerprint density at radius 2 is 1.80 bits per heavy atom. The van der Waals surface area contributed by atoms with Crippen LogP contribution in [0.1, 0.15) is 0 Å². The lowest BCUT2D eigenvalue weighted by Gasteiger charge is -2.10. The Hall–Kier alpha value is -1.79. The van der Waals surface area contributed by atoms with E-state index in [1.54, 1.807) is 30.3 Å². The van der Waals surface area contributed by atoms with Crippen molar-refractivity contribution in [1.29, 1.82) is 0 Å². The molecule has 0 bridgehead atoms. The topological polar surface area (TPSA) is 64.1 Å². The zero-order chi connectivity index (χ0) is 18.0. The predicted octanol–water partition coefficient (Wildman–Crippen LogP) is 5.26. The molecule has 1 aromatic heterocycles. The minimum atomic E-state index is -0.427. The van der Waals surface area contributed by atoms with Crippen molar-refractivity contribution < 1.29 is 9.53 Å². The molecule has 1 heterocycles. The van der Waals surface area contributed by atoms with E-state index in [1.165, 1.54) is 6.33 Å². The van der Waals surface area contributed by atoms with Gasteiger partial charge in [-0.25, -0.2) is 9.97 Å². The van der Waals surface area contributed by atoms with Crippen LogP contribution in [-0.2, 0) is 4.79 Å². The van der Waals surface area contributed by atoms with Gasteiger partial charge in [-0.3, -0.25) is 4.79 Å². The minimum Gasteiger partial charge on any atom is -0.467 e. The molecule has 0 aliphatic rings. The highest BCUT2D eigenvalue weighted by Crippen LogP contribution is 2.31. The fourth-order valence-electron chi connectivity index (χ4n) is 2.10. The third-order valence-electron chi connectivity index (χ3n) is 3.16. The number of halogens is 4. The summed E-state index contributed by atoms with van der Waals surface area (Å²) in [5.74, 6) is -0.231. The van der Waals surface area contributed by atoms with E-state index in [2.05, 4.69) is 15.3 Å². The van der Waals surface area contributed by atoms with Gasteiger partial charge in [0.1, 0.15) is 6.33 Å². The fourth-order valence-corrected chi connectivity index (χ4v) is 2.98. The summed E-state index contributed by atoms with van der Waals surface area (Å²) < 4.78 is 5.48. The molecular weight excluding hydrogens is 408 g/mol. The van der Waals surface area contributed by atoms with Crippen molar-refractivity contribution in [3.05, 3.63) is 56.7 Å². The van der Waals surface area contributed by atoms with Crippen LogP contribution >= 0.6 is 46.4 Å². The largest absolute Gasteiger partial charge is 0.467 e. The summed E-state index contributed by atoms with van der Waals surface area (Å²) in [5.41, 5.74) is 0.871. The Bertz CT molecular complexity index is 966. The lowest BCUT2D eigenvalue weighted by atomic mass is 10.2. The van der Waals surface area contributed by atoms with E-state index in [4.69, 9.17) is 51.1 Å². The first-order chi connectivity index (χ1) is 11.9. The second-order valence-electron chi connectivity index (χ2n) is 4.92. The molecule has 0 spiro atoms. The zero-order valence-electron chi connectivity index (χ0n) is 12.4. The molecule has 0 radical (unpaired) electrons. The summed E-state index contributed by atoms with van der Waals surface area (Å²) >= 11 is 24.0. The van der Waals surface area contributed by atoms with Gasteiger partial charge in [0, 0.05) is 10.0 Å². The molecule has 1 N–H and O–H groups in total. The van der Waals surface area contributed by atoms with Gasteiger partial charge in [0.25, 0.3) is 5.91 Å². The molecule has 0 aliphatic heterocycles. The van der Waals surface area contributed by atoms with E-state index in [-0.39, 0.29) is 12.5 Å². The van der Waals surface area contributed by atoms with Crippen LogP contribution in [0.5, 0.6) is 5.88 Å². The molecule has 0 atom stereocenters. The van der Waals surface area contributed by atoms with Gasteiger partial charge in [-0.05, 0) is 30.3 Å². The fraction of sp³-hybridized carbons (Fsp3) is 0.0625. The molecule has 2 aromatic carbocycles. The van der Waals surface area contributed by atoms with Gasteiger partial charge in [0.15, 0.2) is 6.61 Å². The van der Waals surface area contributed by atoms with Crippen LogP contribution in [0.15, 0.2) is 36.7 Å². The second kappa shape index (κ2) is 7.62. The van der Waals surface area contributed by atoms with E-state index in [0.717, 1.165) is 0 Å². The average Bonchev–Trinajstić information content (AvgIpc) is 2.56. The van der Waals surface area contributed by atoms with Gasteiger partial charge < -0.3 is 10.1 Å². The third kappa shape index (κ3) is 4.25. The number of nitrogens with zero attached hydrogens (tertiary/aromatic N) is 2. The zero-order valence-corrected chi connectivity index (χ0v) is 15.4. The number of amides is 1. The predicted molar refractivity (Wildman–Crippen MR) is 100 cm³/mol. The Kier molecular flexibility index (Phi) is 5.49. The number of benzene rings is 2. The maximum Gasteiger partial charge on any atom is 0.262 e. The molecule has 3 rings (SSSR count). The number of hydrogen-bond donors (Lipinski definition) is 1. The van der Waals surface area contributed by atoms with Gasteiger partial charge in [-0.1, -0.05) is 46.4 Å². The lowest BCUT2D eigenvalue weighted by molar-refractivity contribution is -0.118. The van der Waals surface area contributed by atoms with Gasteiger partial charge >= 0.3 is 0 Å². The highest BCUT2D eigenvalue weighted by Gasteiger charge is 2.12. The summed E-state index contributed by atoms with van der Waals surface area (Å²) in [4.78, 5) is 20.2. The summed E-state index contributed by atoms with van der Waals surface area (Å²) in [6.45, 7) is -0.293. The standard InChI is InChI=1S/C16H9Cl4N3O2/c17-8-1-2-11(19)13(5-8)23-14(24)6-25-16-10-3-9(18)4-12(20)15(10)21-7-22-16/h1-5,7H,6H2,(H,23,24). The number of rotatable bonds is 4. The van der Waals surface area contributed by atoms with E-state index < -0.39 is 5.91 Å². The normalized spacial score (nSPS) is 10.7. The second-order valence-corrected chi connectivity index (χ2v) is 6.61. The summed E-state index contributed by atoms with van der Waals surface area (Å²) in [7, 11) is 0. The Balaban J connectivity index is 1.76. The number of nitrogens with one attached hydrogen (secondary N) is 1. The molecule has 25 heavy (non-hydrogen) atoms. The van der Waals surface area contributed by atoms with E-state index in [9.17, 15) is 4.79 Å². The van der Waals surface area contributed by atoms with Crippen molar-refractivity contribution in [2.75, 3.05) is 11.9 Å². The number of fused-ring (bicyclic) bond motifs is 1. The van der Waals surface area contributed by atoms with Crippen molar-refractivity contribution in [1.82, 2.24) is 9.97 Å². The lowest BCUT2D eigenvalue weighted by Crippen LogP contribution is -2.20. The molecule has 128 valence electrons. The monoisotopic (exact) mass is 415 g/mol. The van der Waals surface area contributed by atoms with Crippen LogP contribution in [0, 0.1) is 0 Å². The molecule has 0 unspecified atom stereocenters. The maximum absolute atomic E-state index is 12.1. The number of ether oxygens (including phenoxy) is 1. The molecule has 0 fully saturated rings. The van der Waals surface area contributed by atoms with Crippen LogP contribution in [0.4, 0.5) is 5.69 Å². The van der Waals surface area contributed by atoms with Gasteiger partial charge in [-0.2, -0.15) is 0 Å². The first kappa shape index (κ1) is 18.0. The Morgan fingerprint density at radius 1 is 1.00 bits per heavy atom. The van der Waals surface area contributed by atoms with Crippen molar-refractivity contribution in [3.63, 3.8) is 0 Å². The van der Waals surface area contributed by atoms with Crippen LogP contribution in [0.2, 0.25) is 20.1 Å². The summed E-state index contributed by atoms with van der Waals surface area (Å²) in [6, 6.07) is 7.93. The third-order valence-corrected chi connectivity index (χ3v) is 4.23. The first-order valence-corrected chi connectivity index (χ1v) is 8.42. The van der Waals surface area contributed by atoms with Gasteiger partial charge in [-0.15, -0.1) is 0 Å². The van der Waals surface area contributed by atoms with E-state index in [1.807, 2.05) is 0 Å². The van der Waals surface area contributed by atoms with Crippen LogP contribution in [0.3, 0.4) is 0 Å². The molecule has 0 saturated carbocycles. The molecule has 0 aliphatic carbocycles. The Morgan fingerprint density at radius 3 is 2.60 bits per heavy atom. The van der Waals surface area contributed by atoms with Crippen LogP contribution in [0.25, 0.3) is 10.9 Å². The Labute approximate surface area is 162 Å². The van der Waals surface area contributed by atoms with Crippen molar-refractivity contribution in [2.24, 2.45) is 0 Å². The molecule has 0 saturated heterocycles. The van der Waals surface area contributed by atoms with Crippen LogP contribution in [-0.4, -0.2) is 22.5 Å². The summed E-state index contributed by atoms with van der Waals surface area (Å²) in [6.07, 6.45) is 1.29. The smallest absolute Gasteiger partial charge is 0.262 e. The van der Waals surface area contributed by atoms with Crippen molar-refractivity contribution in [3.8, 4) is 5.88 Å². The summed E-state index contributed by atoms with van der Waals surface area (Å²) in [5, 5.41) is 4.71. The minimum absolute atomic E-state index is 0.196. The average molecular weight is 417 g/mol. The number of hydrogen-bond acceptors (Lipinski definition) is 4. The maximum atomic E-state index is 12.1. The van der Waals surface area contributed by atoms with Crippen LogP contribution < -0.4 is 10.1 Å². The van der Waals surface area contributed by atoms with Gasteiger partial charge in [0.05, 0.1) is 26.6 Å². The van der Waals surface area contributed by atoms with E-state index in [0.29, 0.717) is 36.7 Å². The molecule has 3 aromatic rings. The van der Waals surface area contributed by atoms with E-state index >= 15 is 0 Å². The number of aromatic nitrogens is 2. The molecule has 1 amide bonds. The molecule has 9 heteroatoms. The quantitative estimate of drug-likeness (QED) is 0.629. The number of anilines is 1. The molecular formula is C16H9Cl4N3O2. The van der Waals surface area contributed by atoms with Gasteiger partial charge in [0.2, 0.25) is 5.88 Å². The SMILES string of the molecule is O=C(COc1ncnc2c(Cl)cc(Cl)cc12)Nc1cc(Cl)ccc1Cl. The number of carbonyl (C=O) groups is 1. The van der Waals surface area contributed by atoms with Crippen molar-refractivity contribution in [2.45, 2.75) is 0 Å². The highest BCUT2D eigenvalue weighted by atomic mass is 35.5. The highest BCUT2D eigenvalue weighted by molar-refractivity contribution is 6.38. The van der Waals surface area contributed by atoms with Crippen molar-refractivity contribution >= 4 is 68.9 Å². The first-order valence-electron chi connectivity index (χ1n) is 6.91. The molecule has 5 nitrogen and oxygen atoms in total.